The number of aliphatic hydroxyl groups excluding tert-OH is 1. The van der Waals surface area contributed by atoms with E-state index in [1.165, 1.54) is 6.07 Å². The van der Waals surface area contributed by atoms with Gasteiger partial charge in [-0.25, -0.2) is 9.18 Å². The number of carbonyl (C=O) groups is 1. The monoisotopic (exact) mass is 300 g/mol. The standard InChI is InChI=1S/C14H21FN2O2S/c1-2-12(9-18)17-14(19)16-7-8-20-10-11-5-3-4-6-13(11)15/h3-6,12,18H,2,7-10H2,1H3,(H2,16,17,19). The fourth-order valence-electron chi connectivity index (χ4n) is 1.55. The lowest BCUT2D eigenvalue weighted by molar-refractivity contribution is 0.215. The lowest BCUT2D eigenvalue weighted by Gasteiger charge is -2.14. The van der Waals surface area contributed by atoms with Crippen LogP contribution in [0.15, 0.2) is 24.3 Å². The van der Waals surface area contributed by atoms with Gasteiger partial charge in [-0.3, -0.25) is 0 Å². The highest BCUT2D eigenvalue weighted by atomic mass is 32.2. The molecular formula is C14H21FN2O2S. The molecule has 0 saturated heterocycles. The summed E-state index contributed by atoms with van der Waals surface area (Å²) in [5.74, 6) is 1.10. The average Bonchev–Trinajstić information content (AvgIpc) is 2.46. The Kier molecular flexibility index (Phi) is 8.06. The van der Waals surface area contributed by atoms with Crippen LogP contribution in [-0.2, 0) is 5.75 Å². The third kappa shape index (κ3) is 6.25. The van der Waals surface area contributed by atoms with Crippen molar-refractivity contribution in [3.05, 3.63) is 35.6 Å². The van der Waals surface area contributed by atoms with E-state index in [9.17, 15) is 9.18 Å². The number of thioether (sulfide) groups is 1. The van der Waals surface area contributed by atoms with E-state index in [-0.39, 0.29) is 24.5 Å². The molecule has 0 aliphatic heterocycles. The number of aliphatic hydroxyl groups is 1. The first kappa shape index (κ1) is 16.8. The molecule has 0 spiro atoms. The van der Waals surface area contributed by atoms with Gasteiger partial charge in [0, 0.05) is 18.1 Å². The Bertz CT molecular complexity index is 414. The van der Waals surface area contributed by atoms with Crippen molar-refractivity contribution in [2.75, 3.05) is 18.9 Å². The van der Waals surface area contributed by atoms with Gasteiger partial charge in [-0.05, 0) is 18.1 Å². The van der Waals surface area contributed by atoms with Crippen LogP contribution in [0.5, 0.6) is 0 Å². The molecule has 0 saturated carbocycles. The van der Waals surface area contributed by atoms with Crippen LogP contribution in [0.25, 0.3) is 0 Å². The molecule has 3 N–H and O–H groups in total. The van der Waals surface area contributed by atoms with Crippen LogP contribution >= 0.6 is 11.8 Å². The van der Waals surface area contributed by atoms with Gasteiger partial charge >= 0.3 is 6.03 Å². The van der Waals surface area contributed by atoms with Crippen LogP contribution in [0.3, 0.4) is 0 Å². The van der Waals surface area contributed by atoms with Crippen molar-refractivity contribution < 1.29 is 14.3 Å². The van der Waals surface area contributed by atoms with Crippen LogP contribution in [0.2, 0.25) is 0 Å². The first-order chi connectivity index (χ1) is 9.67. The summed E-state index contributed by atoms with van der Waals surface area (Å²) >= 11 is 1.56. The smallest absolute Gasteiger partial charge is 0.315 e. The van der Waals surface area contributed by atoms with Gasteiger partial charge in [-0.1, -0.05) is 25.1 Å². The summed E-state index contributed by atoms with van der Waals surface area (Å²) < 4.78 is 13.3. The maximum Gasteiger partial charge on any atom is 0.315 e. The largest absolute Gasteiger partial charge is 0.394 e. The maximum absolute atomic E-state index is 13.3. The molecule has 1 atom stereocenters. The molecule has 0 aromatic heterocycles. The molecule has 1 rings (SSSR count). The zero-order chi connectivity index (χ0) is 14.8. The third-order valence-corrected chi connectivity index (χ3v) is 3.80. The Balaban J connectivity index is 2.13. The van der Waals surface area contributed by atoms with Crippen molar-refractivity contribution in [3.8, 4) is 0 Å². The molecule has 0 fully saturated rings. The molecule has 1 aromatic carbocycles. The summed E-state index contributed by atoms with van der Waals surface area (Å²) in [5, 5.41) is 14.3. The molecule has 20 heavy (non-hydrogen) atoms. The fourth-order valence-corrected chi connectivity index (χ4v) is 2.39. The number of amides is 2. The molecule has 112 valence electrons. The number of carbonyl (C=O) groups excluding carboxylic acids is 1. The third-order valence-electron chi connectivity index (χ3n) is 2.80. The van der Waals surface area contributed by atoms with E-state index in [4.69, 9.17) is 5.11 Å². The van der Waals surface area contributed by atoms with Gasteiger partial charge in [-0.2, -0.15) is 11.8 Å². The van der Waals surface area contributed by atoms with Gasteiger partial charge in [0.1, 0.15) is 5.82 Å². The topological polar surface area (TPSA) is 61.4 Å². The Morgan fingerprint density at radius 1 is 1.45 bits per heavy atom. The lowest BCUT2D eigenvalue weighted by atomic mass is 10.2. The van der Waals surface area contributed by atoms with Gasteiger partial charge < -0.3 is 15.7 Å². The Morgan fingerprint density at radius 2 is 2.20 bits per heavy atom. The minimum Gasteiger partial charge on any atom is -0.394 e. The molecule has 0 radical (unpaired) electrons. The van der Waals surface area contributed by atoms with Crippen molar-refractivity contribution in [1.29, 1.82) is 0 Å². The number of hydrogen-bond acceptors (Lipinski definition) is 3. The van der Waals surface area contributed by atoms with Crippen molar-refractivity contribution in [3.63, 3.8) is 0 Å². The molecular weight excluding hydrogens is 279 g/mol. The van der Waals surface area contributed by atoms with E-state index >= 15 is 0 Å². The minimum atomic E-state index is -0.280. The van der Waals surface area contributed by atoms with E-state index in [1.54, 1.807) is 23.9 Å². The second-order valence-corrected chi connectivity index (χ2v) is 5.44. The number of halogens is 1. The Morgan fingerprint density at radius 3 is 2.85 bits per heavy atom. The molecule has 1 unspecified atom stereocenters. The highest BCUT2D eigenvalue weighted by Gasteiger charge is 2.07. The molecule has 0 aliphatic rings. The highest BCUT2D eigenvalue weighted by molar-refractivity contribution is 7.98. The van der Waals surface area contributed by atoms with Crippen LogP contribution in [-0.4, -0.2) is 36.1 Å². The summed E-state index contributed by atoms with van der Waals surface area (Å²) in [6.45, 7) is 2.34. The molecule has 0 aliphatic carbocycles. The van der Waals surface area contributed by atoms with Gasteiger partial charge in [0.25, 0.3) is 0 Å². The predicted octanol–water partition coefficient (Wildman–Crippen LogP) is 2.13. The first-order valence-corrected chi connectivity index (χ1v) is 7.79. The van der Waals surface area contributed by atoms with Crippen molar-refractivity contribution in [2.45, 2.75) is 25.1 Å². The van der Waals surface area contributed by atoms with E-state index < -0.39 is 0 Å². The Labute approximate surface area is 123 Å². The van der Waals surface area contributed by atoms with E-state index in [0.29, 0.717) is 30.0 Å². The second-order valence-electron chi connectivity index (χ2n) is 4.33. The highest BCUT2D eigenvalue weighted by Crippen LogP contribution is 2.14. The van der Waals surface area contributed by atoms with Gasteiger partial charge in [-0.15, -0.1) is 0 Å². The molecule has 4 nitrogen and oxygen atoms in total. The zero-order valence-electron chi connectivity index (χ0n) is 11.6. The van der Waals surface area contributed by atoms with Crippen LogP contribution < -0.4 is 10.6 Å². The summed E-state index contributed by atoms with van der Waals surface area (Å²) in [6.07, 6.45) is 0.686. The number of benzene rings is 1. The molecule has 2 amide bonds. The van der Waals surface area contributed by atoms with Crippen LogP contribution in [0.4, 0.5) is 9.18 Å². The Hall–Kier alpha value is -1.27. The normalized spacial score (nSPS) is 11.9. The quantitative estimate of drug-likeness (QED) is 0.645. The fraction of sp³-hybridized carbons (Fsp3) is 0.500. The van der Waals surface area contributed by atoms with E-state index in [0.717, 1.165) is 0 Å². The van der Waals surface area contributed by atoms with Gasteiger partial charge in [0.2, 0.25) is 0 Å². The SMILES string of the molecule is CCC(CO)NC(=O)NCCSCc1ccccc1F. The number of rotatable bonds is 8. The van der Waals surface area contributed by atoms with Crippen molar-refractivity contribution >= 4 is 17.8 Å². The van der Waals surface area contributed by atoms with Crippen molar-refractivity contribution in [2.24, 2.45) is 0 Å². The molecule has 6 heteroatoms. The minimum absolute atomic E-state index is 0.0635. The number of hydrogen-bond donors (Lipinski definition) is 3. The molecule has 0 heterocycles. The van der Waals surface area contributed by atoms with Crippen molar-refractivity contribution in [1.82, 2.24) is 10.6 Å². The maximum atomic E-state index is 13.3. The second kappa shape index (κ2) is 9.61. The van der Waals surface area contributed by atoms with Gasteiger partial charge in [0.15, 0.2) is 0 Å². The lowest BCUT2D eigenvalue weighted by Crippen LogP contribution is -2.44. The van der Waals surface area contributed by atoms with E-state index in [1.807, 2.05) is 13.0 Å². The summed E-state index contributed by atoms with van der Waals surface area (Å²) in [5.41, 5.74) is 0.674. The first-order valence-electron chi connectivity index (χ1n) is 6.63. The number of urea groups is 1. The summed E-state index contributed by atoms with van der Waals surface area (Å²) in [6, 6.07) is 6.20. The molecule has 1 aromatic rings. The predicted molar refractivity (Wildman–Crippen MR) is 80.3 cm³/mol. The average molecular weight is 300 g/mol. The summed E-state index contributed by atoms with van der Waals surface area (Å²) in [4.78, 5) is 11.5. The zero-order valence-corrected chi connectivity index (χ0v) is 12.4. The molecule has 0 bridgehead atoms. The summed E-state index contributed by atoms with van der Waals surface area (Å²) in [7, 11) is 0. The van der Waals surface area contributed by atoms with Crippen LogP contribution in [0, 0.1) is 5.82 Å². The van der Waals surface area contributed by atoms with Crippen LogP contribution in [0.1, 0.15) is 18.9 Å². The van der Waals surface area contributed by atoms with Gasteiger partial charge in [0.05, 0.1) is 12.6 Å². The van der Waals surface area contributed by atoms with E-state index in [2.05, 4.69) is 10.6 Å². The number of nitrogens with one attached hydrogen (secondary N) is 2.